The number of carbonyl (C=O) groups is 1. The van der Waals surface area contributed by atoms with E-state index in [0.717, 1.165) is 20.5 Å². The molecule has 0 spiro atoms. The van der Waals surface area contributed by atoms with Crippen molar-refractivity contribution in [2.45, 2.75) is 6.92 Å². The third-order valence-corrected chi connectivity index (χ3v) is 5.47. The Balaban J connectivity index is 2.06. The van der Waals surface area contributed by atoms with Crippen molar-refractivity contribution >= 4 is 49.9 Å². The summed E-state index contributed by atoms with van der Waals surface area (Å²) in [6.45, 7) is 1.91. The molecule has 3 nitrogen and oxygen atoms in total. The molecule has 2 aromatic heterocycles. The van der Waals surface area contributed by atoms with E-state index in [1.165, 1.54) is 0 Å². The molecule has 24 heavy (non-hydrogen) atoms. The number of benzene rings is 2. The standard InChI is InChI=1S/C19H12ClNO2S/c1-10-6-7-13(20)17-12(19(22)23)9-14(21-18(10)17)16-8-11-4-2-3-5-15(11)24-16/h2-9H,1H3,(H,22,23). The van der Waals surface area contributed by atoms with E-state index < -0.39 is 5.97 Å². The Morgan fingerprint density at radius 1 is 1.17 bits per heavy atom. The summed E-state index contributed by atoms with van der Waals surface area (Å²) in [5.41, 5.74) is 2.38. The molecule has 118 valence electrons. The number of halogens is 1. The van der Waals surface area contributed by atoms with E-state index in [1.54, 1.807) is 23.5 Å². The second-order valence-electron chi connectivity index (χ2n) is 5.60. The molecule has 0 radical (unpaired) electrons. The summed E-state index contributed by atoms with van der Waals surface area (Å²) in [4.78, 5) is 17.4. The van der Waals surface area contributed by atoms with Crippen molar-refractivity contribution in [1.82, 2.24) is 4.98 Å². The van der Waals surface area contributed by atoms with Crippen molar-refractivity contribution in [3.05, 3.63) is 64.7 Å². The normalized spacial score (nSPS) is 11.2. The molecule has 0 atom stereocenters. The minimum Gasteiger partial charge on any atom is -0.478 e. The van der Waals surface area contributed by atoms with Gasteiger partial charge < -0.3 is 5.11 Å². The van der Waals surface area contributed by atoms with Crippen LogP contribution in [0.25, 0.3) is 31.6 Å². The molecule has 2 aromatic carbocycles. The van der Waals surface area contributed by atoms with Crippen LogP contribution >= 0.6 is 22.9 Å². The van der Waals surface area contributed by atoms with Gasteiger partial charge in [-0.15, -0.1) is 11.3 Å². The lowest BCUT2D eigenvalue weighted by molar-refractivity contribution is 0.0699. The van der Waals surface area contributed by atoms with Crippen molar-refractivity contribution in [2.24, 2.45) is 0 Å². The zero-order chi connectivity index (χ0) is 16.8. The molecule has 0 aliphatic rings. The molecule has 4 aromatic rings. The largest absolute Gasteiger partial charge is 0.478 e. The number of thiophene rings is 1. The number of rotatable bonds is 2. The molecule has 0 bridgehead atoms. The average molecular weight is 354 g/mol. The van der Waals surface area contributed by atoms with E-state index in [4.69, 9.17) is 16.6 Å². The Kier molecular flexibility index (Phi) is 3.52. The Bertz CT molecular complexity index is 1080. The predicted molar refractivity (Wildman–Crippen MR) is 99.3 cm³/mol. The van der Waals surface area contributed by atoms with E-state index in [0.29, 0.717) is 21.6 Å². The zero-order valence-electron chi connectivity index (χ0n) is 12.7. The van der Waals surface area contributed by atoms with Gasteiger partial charge in [0.15, 0.2) is 0 Å². The Hall–Kier alpha value is -2.43. The van der Waals surface area contributed by atoms with Crippen molar-refractivity contribution in [1.29, 1.82) is 0 Å². The fourth-order valence-electron chi connectivity index (χ4n) is 2.84. The van der Waals surface area contributed by atoms with Gasteiger partial charge in [-0.1, -0.05) is 35.9 Å². The van der Waals surface area contributed by atoms with Crippen LogP contribution in [0.15, 0.2) is 48.5 Å². The van der Waals surface area contributed by atoms with E-state index in [1.807, 2.05) is 43.3 Å². The third-order valence-electron chi connectivity index (χ3n) is 4.02. The van der Waals surface area contributed by atoms with Crippen LogP contribution in [0.1, 0.15) is 15.9 Å². The van der Waals surface area contributed by atoms with E-state index in [-0.39, 0.29) is 5.56 Å². The molecule has 0 aliphatic heterocycles. The highest BCUT2D eigenvalue weighted by molar-refractivity contribution is 7.22. The number of fused-ring (bicyclic) bond motifs is 2. The second kappa shape index (κ2) is 5.58. The van der Waals surface area contributed by atoms with Gasteiger partial charge in [-0.25, -0.2) is 9.78 Å². The Morgan fingerprint density at radius 3 is 2.71 bits per heavy atom. The van der Waals surface area contributed by atoms with Crippen molar-refractivity contribution < 1.29 is 9.90 Å². The smallest absolute Gasteiger partial charge is 0.336 e. The van der Waals surface area contributed by atoms with Crippen LogP contribution < -0.4 is 0 Å². The second-order valence-corrected chi connectivity index (χ2v) is 7.09. The lowest BCUT2D eigenvalue weighted by Gasteiger charge is -2.09. The predicted octanol–water partition coefficient (Wildman–Crippen LogP) is 5.78. The summed E-state index contributed by atoms with van der Waals surface area (Å²) in [6.07, 6.45) is 0. The molecule has 2 heterocycles. The van der Waals surface area contributed by atoms with Crippen LogP contribution in [0.3, 0.4) is 0 Å². The molecule has 0 saturated heterocycles. The molecule has 0 aliphatic carbocycles. The highest BCUT2D eigenvalue weighted by Gasteiger charge is 2.17. The average Bonchev–Trinajstić information content (AvgIpc) is 3.01. The third kappa shape index (κ3) is 2.35. The molecule has 0 amide bonds. The van der Waals surface area contributed by atoms with Gasteiger partial charge in [-0.05, 0) is 42.1 Å². The highest BCUT2D eigenvalue weighted by Crippen LogP contribution is 2.36. The van der Waals surface area contributed by atoms with E-state index in [9.17, 15) is 9.90 Å². The fourth-order valence-corrected chi connectivity index (χ4v) is 4.11. The monoisotopic (exact) mass is 353 g/mol. The van der Waals surface area contributed by atoms with Crippen molar-refractivity contribution in [2.75, 3.05) is 0 Å². The lowest BCUT2D eigenvalue weighted by Crippen LogP contribution is -2.01. The highest BCUT2D eigenvalue weighted by atomic mass is 35.5. The van der Waals surface area contributed by atoms with Crippen molar-refractivity contribution in [3.8, 4) is 10.6 Å². The summed E-state index contributed by atoms with van der Waals surface area (Å²) in [7, 11) is 0. The first-order valence-electron chi connectivity index (χ1n) is 7.36. The number of hydrogen-bond donors (Lipinski definition) is 1. The van der Waals surface area contributed by atoms with E-state index >= 15 is 0 Å². The van der Waals surface area contributed by atoms with Gasteiger partial charge in [0.05, 0.1) is 26.7 Å². The lowest BCUT2D eigenvalue weighted by atomic mass is 10.0. The first-order valence-corrected chi connectivity index (χ1v) is 8.56. The maximum absolute atomic E-state index is 11.8. The maximum atomic E-state index is 11.8. The summed E-state index contributed by atoms with van der Waals surface area (Å²) < 4.78 is 1.15. The molecule has 1 N–H and O–H groups in total. The molecular weight excluding hydrogens is 342 g/mol. The number of hydrogen-bond acceptors (Lipinski definition) is 3. The van der Waals surface area contributed by atoms with Gasteiger partial charge in [0.2, 0.25) is 0 Å². The van der Waals surface area contributed by atoms with Crippen LogP contribution in [-0.4, -0.2) is 16.1 Å². The van der Waals surface area contributed by atoms with Crippen LogP contribution in [0.5, 0.6) is 0 Å². The van der Waals surface area contributed by atoms with Gasteiger partial charge in [-0.2, -0.15) is 0 Å². The summed E-state index contributed by atoms with van der Waals surface area (Å²) in [6, 6.07) is 15.3. The SMILES string of the molecule is Cc1ccc(Cl)c2c(C(=O)O)cc(-c3cc4ccccc4s3)nc12. The number of carboxylic acid groups (broad SMARTS) is 1. The first kappa shape index (κ1) is 15.1. The minimum absolute atomic E-state index is 0.182. The van der Waals surface area contributed by atoms with Gasteiger partial charge in [0.1, 0.15) is 0 Å². The number of nitrogens with zero attached hydrogens (tertiary/aromatic N) is 1. The summed E-state index contributed by atoms with van der Waals surface area (Å²) >= 11 is 7.84. The van der Waals surface area contributed by atoms with E-state index in [2.05, 4.69) is 0 Å². The maximum Gasteiger partial charge on any atom is 0.336 e. The molecule has 0 unspecified atom stereocenters. The van der Waals surface area contributed by atoms with Gasteiger partial charge in [0.25, 0.3) is 0 Å². The number of aromatic carboxylic acids is 1. The fraction of sp³-hybridized carbons (Fsp3) is 0.0526. The minimum atomic E-state index is -1.00. The van der Waals surface area contributed by atoms with Crippen LogP contribution in [0.2, 0.25) is 5.02 Å². The quantitative estimate of drug-likeness (QED) is 0.497. The Morgan fingerprint density at radius 2 is 1.96 bits per heavy atom. The van der Waals surface area contributed by atoms with Gasteiger partial charge in [-0.3, -0.25) is 0 Å². The number of carboxylic acids is 1. The van der Waals surface area contributed by atoms with Crippen LogP contribution in [0, 0.1) is 6.92 Å². The van der Waals surface area contributed by atoms with Crippen LogP contribution in [-0.2, 0) is 0 Å². The molecular formula is C19H12ClNO2S. The summed E-state index contributed by atoms with van der Waals surface area (Å²) in [5.74, 6) is -1.00. The molecule has 5 heteroatoms. The van der Waals surface area contributed by atoms with Crippen molar-refractivity contribution in [3.63, 3.8) is 0 Å². The molecule has 4 rings (SSSR count). The topological polar surface area (TPSA) is 50.2 Å². The zero-order valence-corrected chi connectivity index (χ0v) is 14.3. The van der Waals surface area contributed by atoms with Gasteiger partial charge in [0, 0.05) is 10.1 Å². The Labute approximate surface area is 147 Å². The molecule has 0 saturated carbocycles. The number of pyridine rings is 1. The summed E-state index contributed by atoms with van der Waals surface area (Å²) in [5, 5.41) is 11.7. The van der Waals surface area contributed by atoms with Gasteiger partial charge >= 0.3 is 5.97 Å². The van der Waals surface area contributed by atoms with Crippen LogP contribution in [0.4, 0.5) is 0 Å². The molecule has 0 fully saturated rings. The first-order chi connectivity index (χ1) is 11.5. The number of aromatic nitrogens is 1. The number of aryl methyl sites for hydroxylation is 1.